The van der Waals surface area contributed by atoms with E-state index in [4.69, 9.17) is 4.98 Å². The lowest BCUT2D eigenvalue weighted by molar-refractivity contribution is 1.14. The Kier molecular flexibility index (Phi) is 7.00. The Bertz CT molecular complexity index is 2900. The van der Waals surface area contributed by atoms with Crippen molar-refractivity contribution in [3.05, 3.63) is 219 Å². The summed E-state index contributed by atoms with van der Waals surface area (Å²) in [5.41, 5.74) is 8.66. The molecule has 0 amide bonds. The summed E-state index contributed by atoms with van der Waals surface area (Å²) in [6.45, 7) is 0. The zero-order chi connectivity index (χ0) is 37.6. The number of hydrogen-bond acceptors (Lipinski definition) is 1. The number of pyridine rings is 1. The zero-order valence-corrected chi connectivity index (χ0v) is 33.2. The number of para-hydroxylation sites is 1. The summed E-state index contributed by atoms with van der Waals surface area (Å²) in [6, 6.07) is 79.7. The predicted molar refractivity (Wildman–Crippen MR) is 244 cm³/mol. The maximum absolute atomic E-state index is 5.54. The van der Waals surface area contributed by atoms with Crippen LogP contribution in [0.15, 0.2) is 219 Å². The largest absolute Gasteiger partial charge is 0.294 e. The molecule has 57 heavy (non-hydrogen) atoms. The van der Waals surface area contributed by atoms with Crippen LogP contribution in [-0.4, -0.2) is 25.7 Å². The van der Waals surface area contributed by atoms with Crippen LogP contribution in [0.4, 0.5) is 0 Å². The van der Waals surface area contributed by atoms with Crippen molar-refractivity contribution in [3.63, 3.8) is 0 Å². The number of hydrogen-bond donors (Lipinski definition) is 0. The van der Waals surface area contributed by atoms with E-state index in [-0.39, 0.29) is 0 Å². The van der Waals surface area contributed by atoms with E-state index in [1.165, 1.54) is 80.0 Å². The van der Waals surface area contributed by atoms with Crippen LogP contribution in [0.3, 0.4) is 0 Å². The van der Waals surface area contributed by atoms with Gasteiger partial charge in [0, 0.05) is 22.7 Å². The van der Waals surface area contributed by atoms with Gasteiger partial charge in [-0.3, -0.25) is 4.57 Å². The van der Waals surface area contributed by atoms with Gasteiger partial charge in [-0.05, 0) is 88.0 Å². The molecule has 0 bridgehead atoms. The summed E-state index contributed by atoms with van der Waals surface area (Å²) in [4.78, 5) is 5.54. The first-order chi connectivity index (χ1) is 28.3. The molecule has 266 valence electrons. The summed E-state index contributed by atoms with van der Waals surface area (Å²) in [5, 5.41) is 13.7. The molecule has 12 rings (SSSR count). The monoisotopic (exact) mass is 756 g/mol. The first kappa shape index (κ1) is 32.4. The molecule has 0 unspecified atom stereocenters. The minimum Gasteiger partial charge on any atom is -0.294 e. The second-order valence-electron chi connectivity index (χ2n) is 15.4. The molecule has 8 aromatic carbocycles. The first-order valence-corrected chi connectivity index (χ1v) is 23.8. The van der Waals surface area contributed by atoms with Crippen LogP contribution in [0.2, 0.25) is 0 Å². The van der Waals surface area contributed by atoms with Gasteiger partial charge in [0.2, 0.25) is 0 Å². The van der Waals surface area contributed by atoms with Gasteiger partial charge >= 0.3 is 0 Å². The van der Waals surface area contributed by atoms with Gasteiger partial charge in [0.1, 0.15) is 5.65 Å². The average molecular weight is 757 g/mol. The van der Waals surface area contributed by atoms with Crippen molar-refractivity contribution in [3.8, 4) is 27.9 Å². The van der Waals surface area contributed by atoms with Crippen LogP contribution < -0.4 is 41.5 Å². The molecule has 0 saturated heterocycles. The van der Waals surface area contributed by atoms with Crippen LogP contribution >= 0.6 is 0 Å². The van der Waals surface area contributed by atoms with Crippen molar-refractivity contribution in [1.82, 2.24) is 9.55 Å². The maximum Gasteiger partial charge on any atom is 0.182 e. The van der Waals surface area contributed by atoms with Crippen LogP contribution in [0.1, 0.15) is 0 Å². The van der Waals surface area contributed by atoms with E-state index < -0.39 is 16.1 Å². The van der Waals surface area contributed by atoms with Gasteiger partial charge in [0.25, 0.3) is 0 Å². The lowest BCUT2D eigenvalue weighted by Crippen LogP contribution is -2.73. The highest BCUT2D eigenvalue weighted by Gasteiger charge is 2.50. The van der Waals surface area contributed by atoms with E-state index in [0.29, 0.717) is 0 Å². The third kappa shape index (κ3) is 4.31. The van der Waals surface area contributed by atoms with Gasteiger partial charge in [-0.25, -0.2) is 4.98 Å². The fourth-order valence-electron chi connectivity index (χ4n) is 10.6. The van der Waals surface area contributed by atoms with Crippen molar-refractivity contribution < 1.29 is 0 Å². The number of fused-ring (bicyclic) bond motifs is 9. The Morgan fingerprint density at radius 3 is 1.23 bits per heavy atom. The molecule has 0 fully saturated rings. The molecule has 4 heteroatoms. The normalized spacial score (nSPS) is 14.2. The van der Waals surface area contributed by atoms with E-state index in [1.807, 2.05) is 0 Å². The Labute approximate surface area is 334 Å². The summed E-state index contributed by atoms with van der Waals surface area (Å²) >= 11 is 0. The van der Waals surface area contributed by atoms with Crippen LogP contribution in [-0.2, 0) is 0 Å². The van der Waals surface area contributed by atoms with E-state index in [0.717, 1.165) is 11.3 Å². The van der Waals surface area contributed by atoms with Gasteiger partial charge in [-0.2, -0.15) is 0 Å². The summed E-state index contributed by atoms with van der Waals surface area (Å²) in [5.74, 6) is 0. The Morgan fingerprint density at radius 1 is 0.333 bits per heavy atom. The third-order valence-electron chi connectivity index (χ3n) is 12.8. The topological polar surface area (TPSA) is 17.8 Å². The lowest BCUT2D eigenvalue weighted by atomic mass is 10.1. The van der Waals surface area contributed by atoms with Crippen LogP contribution in [0.5, 0.6) is 0 Å². The van der Waals surface area contributed by atoms with E-state index in [1.54, 1.807) is 0 Å². The number of aromatic nitrogens is 2. The number of rotatable bonds is 5. The molecular weight excluding hydrogens is 721 g/mol. The van der Waals surface area contributed by atoms with Crippen LogP contribution in [0.25, 0.3) is 49.9 Å². The minimum atomic E-state index is -2.77. The van der Waals surface area contributed by atoms with Crippen molar-refractivity contribution >= 4 is 79.6 Å². The first-order valence-electron chi connectivity index (χ1n) is 19.8. The Balaban J connectivity index is 1.21. The highest BCUT2D eigenvalue weighted by molar-refractivity contribution is 7.23. The fraction of sp³-hybridized carbons (Fsp3) is 0. The number of benzene rings is 8. The molecule has 2 aromatic heterocycles. The molecule has 0 atom stereocenters. The molecule has 4 heterocycles. The predicted octanol–water partition coefficient (Wildman–Crippen LogP) is 6.89. The second kappa shape index (κ2) is 12.3. The maximum atomic E-state index is 5.54. The van der Waals surface area contributed by atoms with Gasteiger partial charge in [0.05, 0.1) is 5.52 Å². The van der Waals surface area contributed by atoms with Crippen molar-refractivity contribution in [2.24, 2.45) is 0 Å². The van der Waals surface area contributed by atoms with Gasteiger partial charge in [0.15, 0.2) is 16.1 Å². The second-order valence-corrected chi connectivity index (χ2v) is 22.9. The molecule has 0 aliphatic carbocycles. The van der Waals surface area contributed by atoms with Gasteiger partial charge in [-0.15, -0.1) is 0 Å². The molecule has 2 nitrogen and oxygen atoms in total. The third-order valence-corrected chi connectivity index (χ3v) is 22.5. The van der Waals surface area contributed by atoms with E-state index in [2.05, 4.69) is 223 Å². The summed E-state index contributed by atoms with van der Waals surface area (Å²) in [6.07, 6.45) is 2.21. The Hall–Kier alpha value is -6.86. The van der Waals surface area contributed by atoms with Crippen molar-refractivity contribution in [1.29, 1.82) is 0 Å². The quantitative estimate of drug-likeness (QED) is 0.175. The smallest absolute Gasteiger partial charge is 0.182 e. The Morgan fingerprint density at radius 2 is 0.737 bits per heavy atom. The molecule has 2 aliphatic heterocycles. The molecule has 0 saturated carbocycles. The molecule has 0 spiro atoms. The summed E-state index contributed by atoms with van der Waals surface area (Å²) < 4.78 is 2.37. The standard InChI is InChI=1S/C53H36N2Si2/c1-4-18-37(19-5-1)55-48-33-32-40(56(38-20-6-2-7-21-38)49-28-14-10-24-42(49)43-25-11-15-29-50(43)56)34-46(48)47-35-41(36-54-53(47)55)57(39-22-8-3-9-23-39)51-30-16-12-26-44(51)45-27-13-17-31-52(45)57/h1-36H. The fourth-order valence-corrected chi connectivity index (χ4v) is 20.9. The molecular formula is C53H36N2Si2. The van der Waals surface area contributed by atoms with Crippen molar-refractivity contribution in [2.45, 2.75) is 0 Å². The molecule has 0 radical (unpaired) electrons. The number of nitrogens with zero attached hydrogens (tertiary/aromatic N) is 2. The van der Waals surface area contributed by atoms with E-state index in [9.17, 15) is 0 Å². The zero-order valence-electron chi connectivity index (χ0n) is 31.2. The van der Waals surface area contributed by atoms with Crippen molar-refractivity contribution in [2.75, 3.05) is 0 Å². The lowest BCUT2D eigenvalue weighted by Gasteiger charge is -2.31. The van der Waals surface area contributed by atoms with Crippen LogP contribution in [0, 0.1) is 0 Å². The molecule has 0 N–H and O–H groups in total. The average Bonchev–Trinajstić information content (AvgIpc) is 3.90. The van der Waals surface area contributed by atoms with Gasteiger partial charge < -0.3 is 0 Å². The SMILES string of the molecule is c1ccc(-n2c3ccc([Si]4(c5ccccc5)c5ccccc5-c5ccccc54)cc3c3cc([Si]4(c5ccccc5)c5ccccc5-c5ccccc54)cnc32)cc1. The highest BCUT2D eigenvalue weighted by atomic mass is 28.3. The minimum absolute atomic E-state index is 0.983. The highest BCUT2D eigenvalue weighted by Crippen LogP contribution is 2.35. The summed E-state index contributed by atoms with van der Waals surface area (Å²) in [7, 11) is -5.49. The molecule has 2 aliphatic rings. The van der Waals surface area contributed by atoms with E-state index >= 15 is 0 Å². The molecule has 10 aromatic rings. The van der Waals surface area contributed by atoms with Gasteiger partial charge in [-0.1, -0.05) is 188 Å².